The van der Waals surface area contributed by atoms with Crippen molar-refractivity contribution in [3.8, 4) is 0 Å². The van der Waals surface area contributed by atoms with Crippen LogP contribution in [0.5, 0.6) is 0 Å². The lowest BCUT2D eigenvalue weighted by Crippen LogP contribution is -2.30. The van der Waals surface area contributed by atoms with Gasteiger partial charge in [-0.05, 0) is 19.3 Å². The van der Waals surface area contributed by atoms with Crippen molar-refractivity contribution < 1.29 is 27.8 Å². The summed E-state index contributed by atoms with van der Waals surface area (Å²) in [5, 5.41) is 8.59. The molecule has 106 valence electrons. The number of halogens is 3. The van der Waals surface area contributed by atoms with E-state index in [2.05, 4.69) is 4.74 Å². The van der Waals surface area contributed by atoms with Gasteiger partial charge in [-0.2, -0.15) is 13.2 Å². The first-order valence-corrected chi connectivity index (χ1v) is 5.99. The summed E-state index contributed by atoms with van der Waals surface area (Å²) in [7, 11) is 0. The van der Waals surface area contributed by atoms with Crippen LogP contribution in [0.4, 0.5) is 13.2 Å². The predicted octanol–water partition coefficient (Wildman–Crippen LogP) is 1.89. The highest BCUT2D eigenvalue weighted by atomic mass is 19.4. The van der Waals surface area contributed by atoms with E-state index in [-0.39, 0.29) is 13.0 Å². The summed E-state index contributed by atoms with van der Waals surface area (Å²) in [6.45, 7) is -0.115. The first kappa shape index (κ1) is 15.2. The molecule has 18 heavy (non-hydrogen) atoms. The number of hydrogen-bond acceptors (Lipinski definition) is 3. The largest absolute Gasteiger partial charge is 0.481 e. The molecule has 1 fully saturated rings. The van der Waals surface area contributed by atoms with Crippen LogP contribution < -0.4 is 0 Å². The number of carbonyl (C=O) groups is 1. The highest BCUT2D eigenvalue weighted by Gasteiger charge is 2.29. The topological polar surface area (TPSA) is 49.8 Å². The average molecular weight is 269 g/mol. The van der Waals surface area contributed by atoms with E-state index in [1.165, 1.54) is 0 Å². The van der Waals surface area contributed by atoms with Crippen LogP contribution in [0.3, 0.4) is 0 Å². The third-order valence-electron chi connectivity index (χ3n) is 2.68. The van der Waals surface area contributed by atoms with Crippen LogP contribution in [0.15, 0.2) is 0 Å². The Labute approximate surface area is 104 Å². The first-order chi connectivity index (χ1) is 8.38. The maximum absolute atomic E-state index is 11.8. The number of aliphatic carboxylic acids is 1. The molecule has 1 aliphatic rings. The zero-order chi connectivity index (χ0) is 13.6. The normalized spacial score (nSPS) is 16.2. The van der Waals surface area contributed by atoms with Crippen LogP contribution in [0.2, 0.25) is 0 Å². The second-order valence-corrected chi connectivity index (χ2v) is 4.43. The monoisotopic (exact) mass is 269 g/mol. The van der Waals surface area contributed by atoms with Gasteiger partial charge in [0, 0.05) is 25.7 Å². The number of carboxylic acids is 1. The first-order valence-electron chi connectivity index (χ1n) is 5.99. The average Bonchev–Trinajstić information content (AvgIpc) is 3.03. The van der Waals surface area contributed by atoms with Gasteiger partial charge in [-0.15, -0.1) is 0 Å². The van der Waals surface area contributed by atoms with Gasteiger partial charge in [0.1, 0.15) is 6.61 Å². The summed E-state index contributed by atoms with van der Waals surface area (Å²) in [6, 6.07) is 0.409. The summed E-state index contributed by atoms with van der Waals surface area (Å²) < 4.78 is 39.9. The highest BCUT2D eigenvalue weighted by Crippen LogP contribution is 2.27. The van der Waals surface area contributed by atoms with Gasteiger partial charge in [0.05, 0.1) is 6.42 Å². The Balaban J connectivity index is 2.08. The fraction of sp³-hybridized carbons (Fsp3) is 0.909. The van der Waals surface area contributed by atoms with Crippen LogP contribution in [0.25, 0.3) is 0 Å². The molecule has 0 aromatic heterocycles. The molecule has 0 amide bonds. The van der Waals surface area contributed by atoms with Gasteiger partial charge in [-0.1, -0.05) is 0 Å². The van der Waals surface area contributed by atoms with E-state index in [1.807, 2.05) is 4.90 Å². The van der Waals surface area contributed by atoms with Crippen molar-refractivity contribution in [3.05, 3.63) is 0 Å². The number of carboxylic acid groups (broad SMARTS) is 1. The maximum atomic E-state index is 11.8. The summed E-state index contributed by atoms with van der Waals surface area (Å²) in [5.41, 5.74) is 0. The second-order valence-electron chi connectivity index (χ2n) is 4.43. The summed E-state index contributed by atoms with van der Waals surface area (Å²) in [6.07, 6.45) is -1.63. The smallest absolute Gasteiger partial charge is 0.411 e. The molecular weight excluding hydrogens is 251 g/mol. The van der Waals surface area contributed by atoms with E-state index in [0.29, 0.717) is 25.6 Å². The highest BCUT2D eigenvalue weighted by molar-refractivity contribution is 5.66. The standard InChI is InChI=1S/C11H18F3NO3/c12-11(13,14)8-18-7-1-5-15(9-2-3-9)6-4-10(16)17/h9H,1-8H2,(H,16,17). The van der Waals surface area contributed by atoms with Gasteiger partial charge in [0.15, 0.2) is 0 Å². The van der Waals surface area contributed by atoms with Gasteiger partial charge >= 0.3 is 12.1 Å². The predicted molar refractivity (Wildman–Crippen MR) is 58.3 cm³/mol. The van der Waals surface area contributed by atoms with Crippen molar-refractivity contribution >= 4 is 5.97 Å². The molecule has 1 rings (SSSR count). The number of hydrogen-bond donors (Lipinski definition) is 1. The van der Waals surface area contributed by atoms with Crippen molar-refractivity contribution in [3.63, 3.8) is 0 Å². The maximum Gasteiger partial charge on any atom is 0.411 e. The van der Waals surface area contributed by atoms with Gasteiger partial charge in [-0.25, -0.2) is 0 Å². The fourth-order valence-corrected chi connectivity index (χ4v) is 1.71. The zero-order valence-electron chi connectivity index (χ0n) is 10.1. The molecule has 0 aliphatic heterocycles. The molecule has 0 atom stereocenters. The van der Waals surface area contributed by atoms with Crippen LogP contribution in [-0.4, -0.2) is 54.5 Å². The van der Waals surface area contributed by atoms with Crippen LogP contribution in [-0.2, 0) is 9.53 Å². The molecule has 0 heterocycles. The molecule has 0 saturated heterocycles. The number of alkyl halides is 3. The number of ether oxygens (including phenoxy) is 1. The summed E-state index contributed by atoms with van der Waals surface area (Å²) >= 11 is 0. The lowest BCUT2D eigenvalue weighted by Gasteiger charge is -2.20. The van der Waals surface area contributed by atoms with Gasteiger partial charge in [0.2, 0.25) is 0 Å². The van der Waals surface area contributed by atoms with Crippen molar-refractivity contribution in [1.82, 2.24) is 4.90 Å². The lowest BCUT2D eigenvalue weighted by molar-refractivity contribution is -0.174. The zero-order valence-corrected chi connectivity index (χ0v) is 10.1. The quantitative estimate of drug-likeness (QED) is 0.649. The van der Waals surface area contributed by atoms with Crippen LogP contribution in [0.1, 0.15) is 25.7 Å². The molecule has 0 aromatic rings. The minimum atomic E-state index is -4.28. The van der Waals surface area contributed by atoms with Crippen molar-refractivity contribution in [1.29, 1.82) is 0 Å². The third kappa shape index (κ3) is 7.50. The van der Waals surface area contributed by atoms with E-state index in [9.17, 15) is 18.0 Å². The van der Waals surface area contributed by atoms with Gasteiger partial charge < -0.3 is 9.84 Å². The minimum Gasteiger partial charge on any atom is -0.481 e. The number of rotatable bonds is 9. The molecule has 0 aromatic carbocycles. The molecule has 0 radical (unpaired) electrons. The van der Waals surface area contributed by atoms with E-state index in [1.54, 1.807) is 0 Å². The van der Waals surface area contributed by atoms with E-state index in [0.717, 1.165) is 12.8 Å². The van der Waals surface area contributed by atoms with E-state index in [4.69, 9.17) is 5.11 Å². The Kier molecular flexibility index (Phi) is 5.87. The Bertz CT molecular complexity index is 267. The van der Waals surface area contributed by atoms with E-state index < -0.39 is 18.8 Å². The molecule has 7 heteroatoms. The molecule has 0 unspecified atom stereocenters. The Morgan fingerprint density at radius 2 is 2.00 bits per heavy atom. The van der Waals surface area contributed by atoms with Crippen molar-refractivity contribution in [2.75, 3.05) is 26.3 Å². The SMILES string of the molecule is O=C(O)CCN(CCCOCC(F)(F)F)C1CC1. The Hall–Kier alpha value is -0.820. The van der Waals surface area contributed by atoms with Gasteiger partial charge in [-0.3, -0.25) is 9.69 Å². The lowest BCUT2D eigenvalue weighted by atomic mass is 10.3. The molecule has 0 spiro atoms. The molecule has 4 nitrogen and oxygen atoms in total. The minimum absolute atomic E-state index is 0.0514. The summed E-state index contributed by atoms with van der Waals surface area (Å²) in [4.78, 5) is 12.5. The molecule has 1 aliphatic carbocycles. The number of nitrogens with zero attached hydrogens (tertiary/aromatic N) is 1. The second kappa shape index (κ2) is 6.94. The van der Waals surface area contributed by atoms with Crippen LogP contribution >= 0.6 is 0 Å². The van der Waals surface area contributed by atoms with E-state index >= 15 is 0 Å². The molecular formula is C11H18F3NO3. The third-order valence-corrected chi connectivity index (χ3v) is 2.68. The Morgan fingerprint density at radius 1 is 1.33 bits per heavy atom. The molecule has 0 bridgehead atoms. The Morgan fingerprint density at radius 3 is 2.50 bits per heavy atom. The molecule has 1 saturated carbocycles. The fourth-order valence-electron chi connectivity index (χ4n) is 1.71. The van der Waals surface area contributed by atoms with Crippen molar-refractivity contribution in [2.24, 2.45) is 0 Å². The van der Waals surface area contributed by atoms with Crippen molar-refractivity contribution in [2.45, 2.75) is 37.9 Å². The molecule has 1 N–H and O–H groups in total. The van der Waals surface area contributed by atoms with Crippen LogP contribution in [0, 0.1) is 0 Å². The summed E-state index contributed by atoms with van der Waals surface area (Å²) in [5.74, 6) is -0.853. The van der Waals surface area contributed by atoms with Gasteiger partial charge in [0.25, 0.3) is 0 Å².